The van der Waals surface area contributed by atoms with E-state index in [4.69, 9.17) is 4.74 Å². The molecule has 1 fully saturated rings. The van der Waals surface area contributed by atoms with Crippen molar-refractivity contribution < 1.29 is 24.2 Å². The van der Waals surface area contributed by atoms with Crippen LogP contribution in [0.4, 0.5) is 0 Å². The van der Waals surface area contributed by atoms with Crippen molar-refractivity contribution in [2.45, 2.75) is 51.1 Å². The van der Waals surface area contributed by atoms with Crippen molar-refractivity contribution in [1.82, 2.24) is 10.2 Å². The molecular weight excluding hydrogens is 348 g/mol. The lowest BCUT2D eigenvalue weighted by molar-refractivity contribution is -0.146. The van der Waals surface area contributed by atoms with Crippen molar-refractivity contribution in [3.63, 3.8) is 0 Å². The number of unbranched alkanes of at least 4 members (excludes halogenated alkanes) is 1. The van der Waals surface area contributed by atoms with Crippen LogP contribution in [-0.4, -0.2) is 48.0 Å². The molecule has 0 saturated carbocycles. The van der Waals surface area contributed by atoms with E-state index in [-0.39, 0.29) is 18.2 Å². The van der Waals surface area contributed by atoms with Crippen LogP contribution < -0.4 is 10.1 Å². The number of carbonyl (C=O) groups is 3. The van der Waals surface area contributed by atoms with E-state index in [2.05, 4.69) is 5.32 Å². The molecule has 0 radical (unpaired) electrons. The number of nitrogens with zero attached hydrogens (tertiary/aromatic N) is 1. The van der Waals surface area contributed by atoms with Crippen LogP contribution in [0.1, 0.15) is 50.6 Å². The Kier molecular flexibility index (Phi) is 7.21. The zero-order valence-electron chi connectivity index (χ0n) is 16.1. The van der Waals surface area contributed by atoms with Crippen LogP contribution in [0.2, 0.25) is 0 Å². The molecule has 27 heavy (non-hydrogen) atoms. The first-order valence-corrected chi connectivity index (χ1v) is 9.31. The number of likely N-dealkylation sites (tertiary alicyclic amines) is 1. The molecule has 0 aromatic heterocycles. The second kappa shape index (κ2) is 9.39. The number of hydrogen-bond acceptors (Lipinski definition) is 4. The third-order valence-electron chi connectivity index (χ3n) is 5.12. The van der Waals surface area contributed by atoms with Crippen molar-refractivity contribution in [3.8, 4) is 5.75 Å². The lowest BCUT2D eigenvalue weighted by Gasteiger charge is -2.39. The second-order valence-electron chi connectivity index (χ2n) is 6.91. The molecule has 1 aromatic carbocycles. The van der Waals surface area contributed by atoms with Crippen molar-refractivity contribution in [1.29, 1.82) is 0 Å². The molecule has 148 valence electrons. The normalized spacial score (nSPS) is 20.9. The fraction of sp³-hybridized carbons (Fsp3) is 0.550. The molecule has 1 aliphatic heterocycles. The van der Waals surface area contributed by atoms with Gasteiger partial charge in [0.15, 0.2) is 0 Å². The maximum Gasteiger partial charge on any atom is 0.326 e. The second-order valence-corrected chi connectivity index (χ2v) is 6.91. The SMILES string of the molecule is CCCC[C@H](NC(=O)C1CCC(=O)N(C)C1c1ccc(OC)cc1)C(=O)O. The summed E-state index contributed by atoms with van der Waals surface area (Å²) in [6, 6.07) is 5.92. The molecule has 1 saturated heterocycles. The smallest absolute Gasteiger partial charge is 0.326 e. The minimum atomic E-state index is -1.03. The van der Waals surface area contributed by atoms with Crippen LogP contribution in [0.5, 0.6) is 5.75 Å². The van der Waals surface area contributed by atoms with Crippen LogP contribution in [0.25, 0.3) is 0 Å². The van der Waals surface area contributed by atoms with E-state index in [0.717, 1.165) is 18.4 Å². The molecule has 1 heterocycles. The number of aliphatic carboxylic acids is 1. The molecule has 2 amide bonds. The fourth-order valence-corrected chi connectivity index (χ4v) is 3.51. The number of methoxy groups -OCH3 is 1. The molecule has 1 aliphatic rings. The quantitative estimate of drug-likeness (QED) is 0.726. The molecule has 0 bridgehead atoms. The molecule has 7 heteroatoms. The van der Waals surface area contributed by atoms with Gasteiger partial charge in [0.05, 0.1) is 19.1 Å². The van der Waals surface area contributed by atoms with Crippen LogP contribution >= 0.6 is 0 Å². The summed E-state index contributed by atoms with van der Waals surface area (Å²) in [4.78, 5) is 38.2. The molecule has 3 atom stereocenters. The van der Waals surface area contributed by atoms with Crippen molar-refractivity contribution in [3.05, 3.63) is 29.8 Å². The monoisotopic (exact) mass is 376 g/mol. The zero-order valence-corrected chi connectivity index (χ0v) is 16.1. The predicted octanol–water partition coefficient (Wildman–Crippen LogP) is 2.36. The fourth-order valence-electron chi connectivity index (χ4n) is 3.51. The molecule has 1 aromatic rings. The number of carboxylic acids is 1. The summed E-state index contributed by atoms with van der Waals surface area (Å²) in [5.41, 5.74) is 0.826. The maximum absolute atomic E-state index is 12.9. The average molecular weight is 376 g/mol. The van der Waals surface area contributed by atoms with E-state index in [1.165, 1.54) is 0 Å². The maximum atomic E-state index is 12.9. The topological polar surface area (TPSA) is 95.9 Å². The van der Waals surface area contributed by atoms with Gasteiger partial charge in [0.25, 0.3) is 0 Å². The van der Waals surface area contributed by atoms with E-state index in [9.17, 15) is 19.5 Å². The highest BCUT2D eigenvalue weighted by Crippen LogP contribution is 2.36. The van der Waals surface area contributed by atoms with Crippen LogP contribution in [0, 0.1) is 5.92 Å². The molecular formula is C20H28N2O5. The number of benzene rings is 1. The lowest BCUT2D eigenvalue weighted by atomic mass is 9.83. The van der Waals surface area contributed by atoms with Crippen molar-refractivity contribution in [2.75, 3.05) is 14.2 Å². The summed E-state index contributed by atoms with van der Waals surface area (Å²) in [5.74, 6) is -1.18. The lowest BCUT2D eigenvalue weighted by Crippen LogP contribution is -2.50. The number of rotatable bonds is 8. The first-order valence-electron chi connectivity index (χ1n) is 9.31. The molecule has 0 spiro atoms. The molecule has 2 rings (SSSR count). The van der Waals surface area contributed by atoms with Gasteiger partial charge in [-0.05, 0) is 30.5 Å². The van der Waals surface area contributed by atoms with Gasteiger partial charge in [-0.15, -0.1) is 0 Å². The number of carboxylic acid groups (broad SMARTS) is 1. The van der Waals surface area contributed by atoms with Gasteiger partial charge in [0.1, 0.15) is 11.8 Å². The number of hydrogen-bond donors (Lipinski definition) is 2. The molecule has 2 unspecified atom stereocenters. The highest BCUT2D eigenvalue weighted by Gasteiger charge is 2.39. The number of amides is 2. The number of carbonyl (C=O) groups excluding carboxylic acids is 2. The van der Waals surface area contributed by atoms with Gasteiger partial charge in [0.2, 0.25) is 11.8 Å². The summed E-state index contributed by atoms with van der Waals surface area (Å²) in [6.07, 6.45) is 2.64. The summed E-state index contributed by atoms with van der Waals surface area (Å²) in [7, 11) is 3.26. The van der Waals surface area contributed by atoms with Crippen LogP contribution in [0.15, 0.2) is 24.3 Å². The Hall–Kier alpha value is -2.57. The first-order chi connectivity index (χ1) is 12.9. The Bertz CT molecular complexity index is 673. The highest BCUT2D eigenvalue weighted by atomic mass is 16.5. The largest absolute Gasteiger partial charge is 0.497 e. The van der Waals surface area contributed by atoms with Gasteiger partial charge in [-0.25, -0.2) is 4.79 Å². The van der Waals surface area contributed by atoms with Crippen molar-refractivity contribution in [2.24, 2.45) is 5.92 Å². The average Bonchev–Trinajstić information content (AvgIpc) is 2.66. The Morgan fingerprint density at radius 2 is 2.00 bits per heavy atom. The van der Waals surface area contributed by atoms with Gasteiger partial charge in [-0.3, -0.25) is 9.59 Å². The highest BCUT2D eigenvalue weighted by molar-refractivity contribution is 5.88. The van der Waals surface area contributed by atoms with E-state index in [0.29, 0.717) is 18.6 Å². The summed E-state index contributed by atoms with van der Waals surface area (Å²) in [5, 5.41) is 12.1. The minimum Gasteiger partial charge on any atom is -0.497 e. The molecule has 7 nitrogen and oxygen atoms in total. The van der Waals surface area contributed by atoms with Gasteiger partial charge >= 0.3 is 5.97 Å². The van der Waals surface area contributed by atoms with Crippen molar-refractivity contribution >= 4 is 17.8 Å². The Morgan fingerprint density at radius 3 is 2.56 bits per heavy atom. The van der Waals surface area contributed by atoms with Crippen LogP contribution in [-0.2, 0) is 14.4 Å². The van der Waals surface area contributed by atoms with Gasteiger partial charge in [-0.2, -0.15) is 0 Å². The third-order valence-corrected chi connectivity index (χ3v) is 5.12. The predicted molar refractivity (Wildman–Crippen MR) is 100 cm³/mol. The van der Waals surface area contributed by atoms with E-state index >= 15 is 0 Å². The van der Waals surface area contributed by atoms with Gasteiger partial charge < -0.3 is 20.1 Å². The first kappa shape index (κ1) is 20.7. The molecule has 2 N–H and O–H groups in total. The number of ether oxygens (including phenoxy) is 1. The zero-order chi connectivity index (χ0) is 20.0. The summed E-state index contributed by atoms with van der Waals surface area (Å²) < 4.78 is 5.17. The minimum absolute atomic E-state index is 0.0272. The van der Waals surface area contributed by atoms with Gasteiger partial charge in [0, 0.05) is 13.5 Å². The number of piperidine rings is 1. The molecule has 0 aliphatic carbocycles. The van der Waals surface area contributed by atoms with E-state index in [1.807, 2.05) is 19.1 Å². The van der Waals surface area contributed by atoms with Crippen LogP contribution in [0.3, 0.4) is 0 Å². The summed E-state index contributed by atoms with van der Waals surface area (Å²) >= 11 is 0. The van der Waals surface area contributed by atoms with E-state index < -0.39 is 24.0 Å². The van der Waals surface area contributed by atoms with E-state index in [1.54, 1.807) is 31.2 Å². The Balaban J connectivity index is 2.23. The Morgan fingerprint density at radius 1 is 1.33 bits per heavy atom. The number of nitrogens with one attached hydrogen (secondary N) is 1. The van der Waals surface area contributed by atoms with Gasteiger partial charge in [-0.1, -0.05) is 31.9 Å². The Labute approximate surface area is 159 Å². The summed E-state index contributed by atoms with van der Waals surface area (Å²) in [6.45, 7) is 1.97. The third kappa shape index (κ3) is 4.99. The standard InChI is InChI=1S/C20H28N2O5/c1-4-5-6-16(20(25)26)21-19(24)15-11-12-17(23)22(2)18(15)13-7-9-14(27-3)10-8-13/h7-10,15-16,18H,4-6,11-12H2,1-3H3,(H,21,24)(H,25,26)/t15?,16-,18?/m0/s1.